The summed E-state index contributed by atoms with van der Waals surface area (Å²) < 4.78 is 38.7. The molecule has 2 heterocycles. The first-order valence-corrected chi connectivity index (χ1v) is 8.81. The fourth-order valence-corrected chi connectivity index (χ4v) is 3.77. The summed E-state index contributed by atoms with van der Waals surface area (Å²) in [6, 6.07) is 6.63. The summed E-state index contributed by atoms with van der Waals surface area (Å²) in [5.41, 5.74) is -1.25. The van der Waals surface area contributed by atoms with Gasteiger partial charge in [-0.3, -0.25) is 4.79 Å². The Morgan fingerprint density at radius 2 is 1.92 bits per heavy atom. The van der Waals surface area contributed by atoms with Crippen LogP contribution >= 0.6 is 11.3 Å². The van der Waals surface area contributed by atoms with E-state index in [2.05, 4.69) is 0 Å². The maximum Gasteiger partial charge on any atom is 0.416 e. The van der Waals surface area contributed by atoms with Crippen molar-refractivity contribution >= 4 is 17.2 Å². The van der Waals surface area contributed by atoms with Gasteiger partial charge in [0, 0.05) is 23.3 Å². The molecule has 0 saturated carbocycles. The lowest BCUT2D eigenvalue weighted by atomic mass is 9.83. The minimum Gasteiger partial charge on any atom is -0.385 e. The molecule has 1 fully saturated rings. The first-order chi connectivity index (χ1) is 11.7. The molecule has 2 aromatic rings. The molecule has 0 radical (unpaired) electrons. The lowest BCUT2D eigenvalue weighted by molar-refractivity contribution is -0.137. The van der Waals surface area contributed by atoms with E-state index in [1.807, 2.05) is 13.0 Å². The SMILES string of the molecule is Cc1cc(C(=O)N2CCC(O)(c3cccc(C(F)(F)F)c3)CC2)cs1. The summed E-state index contributed by atoms with van der Waals surface area (Å²) in [5.74, 6) is -0.101. The van der Waals surface area contributed by atoms with Gasteiger partial charge in [-0.15, -0.1) is 11.3 Å². The number of likely N-dealkylation sites (tertiary alicyclic amines) is 1. The molecule has 1 saturated heterocycles. The fraction of sp³-hybridized carbons (Fsp3) is 0.389. The average Bonchev–Trinajstić information content (AvgIpc) is 3.01. The largest absolute Gasteiger partial charge is 0.416 e. The van der Waals surface area contributed by atoms with Crippen molar-refractivity contribution in [1.29, 1.82) is 0 Å². The van der Waals surface area contributed by atoms with Gasteiger partial charge in [0.1, 0.15) is 0 Å². The lowest BCUT2D eigenvalue weighted by Gasteiger charge is -2.38. The van der Waals surface area contributed by atoms with Crippen LogP contribution in [0.5, 0.6) is 0 Å². The van der Waals surface area contributed by atoms with Gasteiger partial charge in [0.05, 0.1) is 16.7 Å². The minimum atomic E-state index is -4.44. The van der Waals surface area contributed by atoms with Gasteiger partial charge in [0.2, 0.25) is 0 Å². The van der Waals surface area contributed by atoms with Crippen molar-refractivity contribution in [3.05, 3.63) is 57.3 Å². The number of benzene rings is 1. The van der Waals surface area contributed by atoms with Crippen molar-refractivity contribution in [2.45, 2.75) is 31.5 Å². The van der Waals surface area contributed by atoms with Crippen LogP contribution < -0.4 is 0 Å². The van der Waals surface area contributed by atoms with Crippen molar-refractivity contribution in [2.75, 3.05) is 13.1 Å². The quantitative estimate of drug-likeness (QED) is 0.862. The summed E-state index contributed by atoms with van der Waals surface area (Å²) in [5, 5.41) is 12.6. The predicted molar refractivity (Wildman–Crippen MR) is 89.5 cm³/mol. The second-order valence-electron chi connectivity index (χ2n) is 6.35. The van der Waals surface area contributed by atoms with E-state index in [4.69, 9.17) is 0 Å². The van der Waals surface area contributed by atoms with E-state index in [1.54, 1.807) is 10.3 Å². The van der Waals surface area contributed by atoms with Crippen molar-refractivity contribution in [3.8, 4) is 0 Å². The smallest absolute Gasteiger partial charge is 0.385 e. The van der Waals surface area contributed by atoms with Crippen LogP contribution in [0.3, 0.4) is 0 Å². The zero-order chi connectivity index (χ0) is 18.2. The van der Waals surface area contributed by atoms with E-state index >= 15 is 0 Å². The van der Waals surface area contributed by atoms with Gasteiger partial charge < -0.3 is 10.0 Å². The molecule has 25 heavy (non-hydrogen) atoms. The molecular formula is C18H18F3NO2S. The summed E-state index contributed by atoms with van der Waals surface area (Å²) in [6.45, 7) is 2.53. The summed E-state index contributed by atoms with van der Waals surface area (Å²) in [7, 11) is 0. The van der Waals surface area contributed by atoms with Crippen LogP contribution in [0.25, 0.3) is 0 Å². The third kappa shape index (κ3) is 3.72. The number of carbonyl (C=O) groups excluding carboxylic acids is 1. The Hall–Kier alpha value is -1.86. The molecule has 7 heteroatoms. The van der Waals surface area contributed by atoms with Gasteiger partial charge in [-0.1, -0.05) is 12.1 Å². The molecular weight excluding hydrogens is 351 g/mol. The number of amides is 1. The van der Waals surface area contributed by atoms with Crippen molar-refractivity contribution < 1.29 is 23.1 Å². The highest BCUT2D eigenvalue weighted by Crippen LogP contribution is 2.37. The number of piperidine rings is 1. The molecule has 0 aliphatic carbocycles. The number of aliphatic hydroxyl groups is 1. The van der Waals surface area contributed by atoms with E-state index in [-0.39, 0.29) is 24.3 Å². The molecule has 1 aromatic heterocycles. The fourth-order valence-electron chi connectivity index (χ4n) is 3.09. The highest BCUT2D eigenvalue weighted by molar-refractivity contribution is 7.10. The molecule has 1 aliphatic rings. The van der Waals surface area contributed by atoms with E-state index in [0.29, 0.717) is 18.7 Å². The second kappa shape index (κ2) is 6.46. The van der Waals surface area contributed by atoms with E-state index in [0.717, 1.165) is 17.0 Å². The van der Waals surface area contributed by atoms with Crippen LogP contribution in [-0.2, 0) is 11.8 Å². The number of thiophene rings is 1. The topological polar surface area (TPSA) is 40.5 Å². The molecule has 0 bridgehead atoms. The number of nitrogens with zero attached hydrogens (tertiary/aromatic N) is 1. The zero-order valence-electron chi connectivity index (χ0n) is 13.6. The van der Waals surface area contributed by atoms with E-state index in [9.17, 15) is 23.1 Å². The predicted octanol–water partition coefficient (Wildman–Crippen LogP) is 4.20. The van der Waals surface area contributed by atoms with Crippen molar-refractivity contribution in [3.63, 3.8) is 0 Å². The maximum absolute atomic E-state index is 12.9. The molecule has 0 unspecified atom stereocenters. The molecule has 1 aliphatic heterocycles. The standard InChI is InChI=1S/C18H18F3NO2S/c1-12-9-13(11-25-12)16(23)22-7-5-17(24,6-8-22)14-3-2-4-15(10-14)18(19,20)21/h2-4,9-11,24H,5-8H2,1H3. The van der Waals surface area contributed by atoms with Crippen molar-refractivity contribution in [1.82, 2.24) is 4.90 Å². The first kappa shape index (κ1) is 17.9. The van der Waals surface area contributed by atoms with Gasteiger partial charge in [-0.2, -0.15) is 13.2 Å². The maximum atomic E-state index is 12.9. The minimum absolute atomic E-state index is 0.101. The Bertz CT molecular complexity index is 777. The second-order valence-corrected chi connectivity index (χ2v) is 7.46. The normalized spacial score (nSPS) is 17.6. The number of aryl methyl sites for hydroxylation is 1. The molecule has 0 spiro atoms. The Labute approximate surface area is 147 Å². The Kier molecular flexibility index (Phi) is 4.64. The zero-order valence-corrected chi connectivity index (χ0v) is 14.5. The highest BCUT2D eigenvalue weighted by Gasteiger charge is 2.38. The van der Waals surface area contributed by atoms with E-state index in [1.165, 1.54) is 23.5 Å². The van der Waals surface area contributed by atoms with Gasteiger partial charge >= 0.3 is 6.18 Å². The van der Waals surface area contributed by atoms with Gasteiger partial charge in [0.15, 0.2) is 0 Å². The van der Waals surface area contributed by atoms with Crippen LogP contribution in [0.1, 0.15) is 39.2 Å². The Balaban J connectivity index is 1.73. The number of hydrogen-bond acceptors (Lipinski definition) is 3. The summed E-state index contributed by atoms with van der Waals surface area (Å²) in [4.78, 5) is 15.1. The third-order valence-electron chi connectivity index (χ3n) is 4.58. The third-order valence-corrected chi connectivity index (χ3v) is 5.44. The van der Waals surface area contributed by atoms with Crippen LogP contribution in [0.2, 0.25) is 0 Å². The van der Waals surface area contributed by atoms with Crippen molar-refractivity contribution in [2.24, 2.45) is 0 Å². The number of carbonyl (C=O) groups is 1. The molecule has 1 N–H and O–H groups in total. The number of hydrogen-bond donors (Lipinski definition) is 1. The molecule has 3 rings (SSSR count). The molecule has 3 nitrogen and oxygen atoms in total. The van der Waals surface area contributed by atoms with Gasteiger partial charge in [-0.05, 0) is 43.5 Å². The highest BCUT2D eigenvalue weighted by atomic mass is 32.1. The first-order valence-electron chi connectivity index (χ1n) is 7.94. The van der Waals surface area contributed by atoms with Crippen LogP contribution in [0.4, 0.5) is 13.2 Å². The summed E-state index contributed by atoms with van der Waals surface area (Å²) >= 11 is 1.49. The lowest BCUT2D eigenvalue weighted by Crippen LogP contribution is -2.45. The number of halogens is 3. The number of alkyl halides is 3. The van der Waals surface area contributed by atoms with Gasteiger partial charge in [-0.25, -0.2) is 0 Å². The molecule has 134 valence electrons. The molecule has 1 amide bonds. The van der Waals surface area contributed by atoms with Crippen LogP contribution in [0.15, 0.2) is 35.7 Å². The number of rotatable bonds is 2. The Morgan fingerprint density at radius 3 is 2.48 bits per heavy atom. The monoisotopic (exact) mass is 369 g/mol. The van der Waals surface area contributed by atoms with E-state index < -0.39 is 17.3 Å². The molecule has 1 aromatic carbocycles. The summed E-state index contributed by atoms with van der Waals surface area (Å²) in [6.07, 6.45) is -4.02. The average molecular weight is 369 g/mol. The van der Waals surface area contributed by atoms with Crippen LogP contribution in [0, 0.1) is 6.92 Å². The van der Waals surface area contributed by atoms with Gasteiger partial charge in [0.25, 0.3) is 5.91 Å². The molecule has 0 atom stereocenters. The van der Waals surface area contributed by atoms with Crippen LogP contribution in [-0.4, -0.2) is 29.0 Å². The Morgan fingerprint density at radius 1 is 1.24 bits per heavy atom.